The van der Waals surface area contributed by atoms with Gasteiger partial charge in [-0.15, -0.1) is 0 Å². The number of hydrogen-bond acceptors (Lipinski definition) is 1. The number of halogens is 1. The third-order valence-corrected chi connectivity index (χ3v) is 2.69. The summed E-state index contributed by atoms with van der Waals surface area (Å²) in [6.45, 7) is 4.56. The van der Waals surface area contributed by atoms with Gasteiger partial charge in [0.2, 0.25) is 0 Å². The Balaban J connectivity index is 2.77. The molecule has 2 N–H and O–H groups in total. The van der Waals surface area contributed by atoms with E-state index in [2.05, 4.69) is 0 Å². The molecule has 1 rings (SSSR count). The Bertz CT molecular complexity index is 321. The van der Waals surface area contributed by atoms with Crippen LogP contribution in [0.15, 0.2) is 12.1 Å². The summed E-state index contributed by atoms with van der Waals surface area (Å²) in [7, 11) is 0. The van der Waals surface area contributed by atoms with Gasteiger partial charge in [0.25, 0.3) is 0 Å². The second kappa shape index (κ2) is 5.86. The molecule has 15 heavy (non-hydrogen) atoms. The van der Waals surface area contributed by atoms with Crippen LogP contribution < -0.4 is 5.73 Å². The van der Waals surface area contributed by atoms with Crippen LogP contribution in [0.25, 0.3) is 0 Å². The second-order valence-corrected chi connectivity index (χ2v) is 3.99. The van der Waals surface area contributed by atoms with Crippen LogP contribution in [-0.2, 0) is 12.8 Å². The fraction of sp³-hybridized carbons (Fsp3) is 0.538. The lowest BCUT2D eigenvalue weighted by Crippen LogP contribution is -2.00. The third-order valence-electron chi connectivity index (χ3n) is 2.69. The topological polar surface area (TPSA) is 26.0 Å². The van der Waals surface area contributed by atoms with E-state index in [0.29, 0.717) is 0 Å². The minimum atomic E-state index is -0.0416. The summed E-state index contributed by atoms with van der Waals surface area (Å²) in [5, 5.41) is 0. The fourth-order valence-corrected chi connectivity index (χ4v) is 1.80. The van der Waals surface area contributed by atoms with Crippen molar-refractivity contribution in [2.24, 2.45) is 5.73 Å². The molecule has 0 radical (unpaired) electrons. The molecule has 0 unspecified atom stereocenters. The summed E-state index contributed by atoms with van der Waals surface area (Å²) in [4.78, 5) is 0. The van der Waals surface area contributed by atoms with Gasteiger partial charge in [-0.3, -0.25) is 0 Å². The third kappa shape index (κ3) is 3.31. The van der Waals surface area contributed by atoms with Gasteiger partial charge in [0.15, 0.2) is 0 Å². The lowest BCUT2D eigenvalue weighted by atomic mass is 10.00. The van der Waals surface area contributed by atoms with Crippen molar-refractivity contribution in [1.82, 2.24) is 0 Å². The highest BCUT2D eigenvalue weighted by molar-refractivity contribution is 5.31. The van der Waals surface area contributed by atoms with Crippen molar-refractivity contribution in [2.75, 3.05) is 6.54 Å². The summed E-state index contributed by atoms with van der Waals surface area (Å²) in [5.41, 5.74) is 8.27. The normalized spacial score (nSPS) is 10.7. The van der Waals surface area contributed by atoms with E-state index >= 15 is 0 Å². The van der Waals surface area contributed by atoms with Crippen LogP contribution >= 0.6 is 0 Å². The molecule has 0 aliphatic rings. The molecule has 84 valence electrons. The van der Waals surface area contributed by atoms with Crippen LogP contribution in [0, 0.1) is 12.7 Å². The van der Waals surface area contributed by atoms with Gasteiger partial charge in [-0.1, -0.05) is 19.1 Å². The molecule has 0 aromatic heterocycles. The summed E-state index contributed by atoms with van der Waals surface area (Å²) in [6, 6.07) is 3.93. The first-order valence-corrected chi connectivity index (χ1v) is 5.67. The average Bonchev–Trinajstić information content (AvgIpc) is 2.23. The minimum absolute atomic E-state index is 0.0416. The highest BCUT2D eigenvalue weighted by Crippen LogP contribution is 2.17. The molecule has 0 spiro atoms. The number of hydrogen-bond donors (Lipinski definition) is 1. The predicted octanol–water partition coefficient (Wildman–Crippen LogP) is 2.98. The summed E-state index contributed by atoms with van der Waals surface area (Å²) in [6.07, 6.45) is 3.89. The molecule has 0 fully saturated rings. The Kier molecular flexibility index (Phi) is 4.76. The van der Waals surface area contributed by atoms with E-state index in [1.807, 2.05) is 26.0 Å². The van der Waals surface area contributed by atoms with Crippen molar-refractivity contribution < 1.29 is 4.39 Å². The van der Waals surface area contributed by atoms with E-state index in [4.69, 9.17) is 5.73 Å². The van der Waals surface area contributed by atoms with Crippen LogP contribution in [0.1, 0.15) is 36.5 Å². The SMILES string of the molecule is CCc1cc(CCCCN)cc(C)c1F. The molecule has 0 atom stereocenters. The highest BCUT2D eigenvalue weighted by atomic mass is 19.1. The molecule has 0 amide bonds. The van der Waals surface area contributed by atoms with Gasteiger partial charge >= 0.3 is 0 Å². The van der Waals surface area contributed by atoms with Gasteiger partial charge in [-0.05, 0) is 55.8 Å². The highest BCUT2D eigenvalue weighted by Gasteiger charge is 2.05. The van der Waals surface area contributed by atoms with Gasteiger partial charge in [-0.2, -0.15) is 0 Å². The van der Waals surface area contributed by atoms with Gasteiger partial charge in [-0.25, -0.2) is 4.39 Å². The predicted molar refractivity (Wildman–Crippen MR) is 62.5 cm³/mol. The number of unbranched alkanes of at least 4 members (excludes halogenated alkanes) is 1. The smallest absolute Gasteiger partial charge is 0.129 e. The summed E-state index contributed by atoms with van der Waals surface area (Å²) < 4.78 is 13.6. The largest absolute Gasteiger partial charge is 0.330 e. The summed E-state index contributed by atoms with van der Waals surface area (Å²) >= 11 is 0. The Labute approximate surface area is 91.5 Å². The van der Waals surface area contributed by atoms with Gasteiger partial charge in [0.1, 0.15) is 5.82 Å². The zero-order valence-electron chi connectivity index (χ0n) is 9.65. The lowest BCUT2D eigenvalue weighted by molar-refractivity contribution is 0.601. The lowest BCUT2D eigenvalue weighted by Gasteiger charge is -2.08. The maximum atomic E-state index is 13.6. The monoisotopic (exact) mass is 209 g/mol. The molecule has 0 saturated carbocycles. The van der Waals surface area contributed by atoms with Crippen LogP contribution in [0.4, 0.5) is 4.39 Å². The van der Waals surface area contributed by atoms with E-state index in [9.17, 15) is 4.39 Å². The number of nitrogens with two attached hydrogens (primary N) is 1. The molecule has 1 nitrogen and oxygen atoms in total. The summed E-state index contributed by atoms with van der Waals surface area (Å²) in [5.74, 6) is -0.0416. The molecular formula is C13H20FN. The minimum Gasteiger partial charge on any atom is -0.330 e. The fourth-order valence-electron chi connectivity index (χ4n) is 1.80. The molecule has 0 aliphatic carbocycles. The molecule has 0 aliphatic heterocycles. The Morgan fingerprint density at radius 3 is 2.60 bits per heavy atom. The van der Waals surface area contributed by atoms with E-state index in [1.54, 1.807) is 0 Å². The van der Waals surface area contributed by atoms with E-state index in [1.165, 1.54) is 5.56 Å². The van der Waals surface area contributed by atoms with Crippen molar-refractivity contribution in [3.8, 4) is 0 Å². The zero-order valence-corrected chi connectivity index (χ0v) is 9.65. The van der Waals surface area contributed by atoms with Gasteiger partial charge in [0, 0.05) is 0 Å². The average molecular weight is 209 g/mol. The van der Waals surface area contributed by atoms with E-state index < -0.39 is 0 Å². The first kappa shape index (κ1) is 12.2. The molecule has 0 saturated heterocycles. The van der Waals surface area contributed by atoms with Crippen LogP contribution in [0.5, 0.6) is 0 Å². The van der Waals surface area contributed by atoms with Gasteiger partial charge < -0.3 is 5.73 Å². The van der Waals surface area contributed by atoms with Crippen molar-refractivity contribution in [3.63, 3.8) is 0 Å². The van der Waals surface area contributed by atoms with Crippen LogP contribution in [0.3, 0.4) is 0 Å². The quantitative estimate of drug-likeness (QED) is 0.741. The maximum absolute atomic E-state index is 13.6. The van der Waals surface area contributed by atoms with E-state index in [0.717, 1.165) is 43.4 Å². The number of rotatable bonds is 5. The number of aryl methyl sites for hydroxylation is 3. The molecule has 0 bridgehead atoms. The Morgan fingerprint density at radius 2 is 2.00 bits per heavy atom. The standard InChI is InChI=1S/C13H20FN/c1-3-12-9-11(6-4-5-7-15)8-10(2)13(12)14/h8-9H,3-7,15H2,1-2H3. The molecular weight excluding hydrogens is 189 g/mol. The molecule has 0 heterocycles. The van der Waals surface area contributed by atoms with Crippen LogP contribution in [-0.4, -0.2) is 6.54 Å². The molecule has 2 heteroatoms. The van der Waals surface area contributed by atoms with Crippen LogP contribution in [0.2, 0.25) is 0 Å². The molecule has 1 aromatic rings. The van der Waals surface area contributed by atoms with Gasteiger partial charge in [0.05, 0.1) is 0 Å². The zero-order chi connectivity index (χ0) is 11.3. The van der Waals surface area contributed by atoms with Crippen molar-refractivity contribution in [1.29, 1.82) is 0 Å². The van der Waals surface area contributed by atoms with Crippen molar-refractivity contribution in [2.45, 2.75) is 39.5 Å². The Hall–Kier alpha value is -0.890. The molecule has 1 aromatic carbocycles. The first-order valence-electron chi connectivity index (χ1n) is 5.67. The Morgan fingerprint density at radius 1 is 1.27 bits per heavy atom. The van der Waals surface area contributed by atoms with Crippen molar-refractivity contribution >= 4 is 0 Å². The number of benzene rings is 1. The second-order valence-electron chi connectivity index (χ2n) is 3.99. The maximum Gasteiger partial charge on any atom is 0.129 e. The van der Waals surface area contributed by atoms with E-state index in [-0.39, 0.29) is 5.82 Å². The first-order chi connectivity index (χ1) is 7.19. The van der Waals surface area contributed by atoms with Crippen molar-refractivity contribution in [3.05, 3.63) is 34.6 Å².